The quantitative estimate of drug-likeness (QED) is 0.664. The molecule has 1 fully saturated rings. The van der Waals surface area contributed by atoms with Crippen molar-refractivity contribution >= 4 is 35.6 Å². The Morgan fingerprint density at radius 2 is 2.21 bits per heavy atom. The highest BCUT2D eigenvalue weighted by molar-refractivity contribution is 8.00. The summed E-state index contributed by atoms with van der Waals surface area (Å²) in [6.07, 6.45) is -0.678. The molecular formula is C10H14N2O6S. The fourth-order valence-corrected chi connectivity index (χ4v) is 2.29. The molecular weight excluding hydrogens is 276 g/mol. The maximum absolute atomic E-state index is 11.6. The first kappa shape index (κ1) is 15.3. The van der Waals surface area contributed by atoms with Crippen LogP contribution in [0, 0.1) is 0 Å². The number of aliphatic carboxylic acids is 1. The molecule has 1 aliphatic heterocycles. The molecule has 9 heteroatoms. The zero-order valence-electron chi connectivity index (χ0n) is 10.2. The molecule has 0 aliphatic carbocycles. The molecule has 1 rings (SSSR count). The molecule has 1 aliphatic rings. The van der Waals surface area contributed by atoms with Gasteiger partial charge in [0.05, 0.1) is 12.3 Å². The van der Waals surface area contributed by atoms with Crippen molar-refractivity contribution in [3.8, 4) is 0 Å². The van der Waals surface area contributed by atoms with Gasteiger partial charge in [0.1, 0.15) is 12.6 Å². The van der Waals surface area contributed by atoms with Crippen molar-refractivity contribution in [3.63, 3.8) is 0 Å². The lowest BCUT2D eigenvalue weighted by Crippen LogP contribution is -2.42. The first-order valence-corrected chi connectivity index (χ1v) is 6.62. The molecule has 8 nitrogen and oxygen atoms in total. The SMILES string of the molecule is CC(=O)NC(CSCC(=O)N1CCOC1=O)C(=O)O. The Kier molecular flexibility index (Phi) is 5.61. The van der Waals surface area contributed by atoms with Crippen LogP contribution in [0.25, 0.3) is 0 Å². The monoisotopic (exact) mass is 290 g/mol. The van der Waals surface area contributed by atoms with Crippen LogP contribution in [0.2, 0.25) is 0 Å². The maximum Gasteiger partial charge on any atom is 0.416 e. The molecule has 0 saturated carbocycles. The molecule has 1 heterocycles. The third kappa shape index (κ3) is 4.78. The number of amides is 3. The molecule has 0 spiro atoms. The van der Waals surface area contributed by atoms with Crippen molar-refractivity contribution < 1.29 is 29.0 Å². The van der Waals surface area contributed by atoms with Crippen molar-refractivity contribution in [2.75, 3.05) is 24.7 Å². The number of cyclic esters (lactones) is 1. The highest BCUT2D eigenvalue weighted by atomic mass is 32.2. The number of thioether (sulfide) groups is 1. The highest BCUT2D eigenvalue weighted by Crippen LogP contribution is 2.09. The second kappa shape index (κ2) is 6.98. The van der Waals surface area contributed by atoms with E-state index in [1.165, 1.54) is 6.92 Å². The van der Waals surface area contributed by atoms with Crippen LogP contribution >= 0.6 is 11.8 Å². The Balaban J connectivity index is 2.35. The Bertz CT molecular complexity index is 399. The van der Waals surface area contributed by atoms with Gasteiger partial charge in [-0.15, -0.1) is 11.8 Å². The molecule has 0 aromatic carbocycles. The third-order valence-electron chi connectivity index (χ3n) is 2.25. The minimum Gasteiger partial charge on any atom is -0.480 e. The van der Waals surface area contributed by atoms with Crippen LogP contribution in [-0.2, 0) is 19.1 Å². The van der Waals surface area contributed by atoms with E-state index in [1.807, 2.05) is 0 Å². The van der Waals surface area contributed by atoms with Gasteiger partial charge in [0.2, 0.25) is 11.8 Å². The lowest BCUT2D eigenvalue weighted by Gasteiger charge is -2.14. The van der Waals surface area contributed by atoms with E-state index < -0.39 is 29.9 Å². The molecule has 0 radical (unpaired) electrons. The molecule has 0 aromatic heterocycles. The minimum absolute atomic E-state index is 0.0432. The largest absolute Gasteiger partial charge is 0.480 e. The average molecular weight is 290 g/mol. The van der Waals surface area contributed by atoms with E-state index in [1.54, 1.807) is 0 Å². The normalized spacial score (nSPS) is 15.8. The van der Waals surface area contributed by atoms with Gasteiger partial charge in [0, 0.05) is 12.7 Å². The summed E-state index contributed by atoms with van der Waals surface area (Å²) in [6.45, 7) is 1.61. The summed E-state index contributed by atoms with van der Waals surface area (Å²) in [5.74, 6) is -2.06. The van der Waals surface area contributed by atoms with Crippen LogP contribution < -0.4 is 5.32 Å². The van der Waals surface area contributed by atoms with Crippen molar-refractivity contribution in [2.45, 2.75) is 13.0 Å². The molecule has 1 atom stereocenters. The number of carboxylic acids is 1. The van der Waals surface area contributed by atoms with Crippen LogP contribution in [0.5, 0.6) is 0 Å². The summed E-state index contributed by atoms with van der Waals surface area (Å²) in [5.41, 5.74) is 0. The van der Waals surface area contributed by atoms with Gasteiger partial charge < -0.3 is 15.2 Å². The van der Waals surface area contributed by atoms with Crippen LogP contribution in [0.4, 0.5) is 4.79 Å². The van der Waals surface area contributed by atoms with Gasteiger partial charge in [-0.2, -0.15) is 0 Å². The second-order valence-electron chi connectivity index (χ2n) is 3.77. The number of rotatable bonds is 6. The molecule has 1 unspecified atom stereocenters. The first-order chi connectivity index (χ1) is 8.91. The number of nitrogens with one attached hydrogen (secondary N) is 1. The predicted octanol–water partition coefficient (Wildman–Crippen LogP) is -0.712. The third-order valence-corrected chi connectivity index (χ3v) is 3.27. The number of carbonyl (C=O) groups excluding carboxylic acids is 3. The van der Waals surface area contributed by atoms with E-state index in [0.29, 0.717) is 0 Å². The van der Waals surface area contributed by atoms with Gasteiger partial charge in [0.15, 0.2) is 0 Å². The predicted molar refractivity (Wildman–Crippen MR) is 65.6 cm³/mol. The number of hydrogen-bond donors (Lipinski definition) is 2. The van der Waals surface area contributed by atoms with E-state index in [9.17, 15) is 19.2 Å². The molecule has 106 valence electrons. The molecule has 19 heavy (non-hydrogen) atoms. The van der Waals surface area contributed by atoms with Gasteiger partial charge in [0.25, 0.3) is 0 Å². The highest BCUT2D eigenvalue weighted by Gasteiger charge is 2.28. The van der Waals surface area contributed by atoms with Crippen molar-refractivity contribution in [1.29, 1.82) is 0 Å². The molecule has 2 N–H and O–H groups in total. The van der Waals surface area contributed by atoms with E-state index in [4.69, 9.17) is 5.11 Å². The molecule has 0 aromatic rings. The number of imide groups is 1. The van der Waals surface area contributed by atoms with Crippen LogP contribution in [0.15, 0.2) is 0 Å². The van der Waals surface area contributed by atoms with Gasteiger partial charge in [-0.1, -0.05) is 0 Å². The number of carbonyl (C=O) groups is 4. The molecule has 0 bridgehead atoms. The van der Waals surface area contributed by atoms with E-state index in [2.05, 4.69) is 10.1 Å². The summed E-state index contributed by atoms with van der Waals surface area (Å²) < 4.78 is 4.61. The number of carboxylic acid groups (broad SMARTS) is 1. The number of ether oxygens (including phenoxy) is 1. The lowest BCUT2D eigenvalue weighted by atomic mass is 10.3. The second-order valence-corrected chi connectivity index (χ2v) is 4.80. The van der Waals surface area contributed by atoms with Crippen LogP contribution in [0.3, 0.4) is 0 Å². The average Bonchev–Trinajstić information content (AvgIpc) is 2.73. The molecule has 1 saturated heterocycles. The fraction of sp³-hybridized carbons (Fsp3) is 0.600. The van der Waals surface area contributed by atoms with Gasteiger partial charge in [-0.3, -0.25) is 9.59 Å². The molecule has 3 amide bonds. The maximum atomic E-state index is 11.6. The van der Waals surface area contributed by atoms with E-state index >= 15 is 0 Å². The minimum atomic E-state index is -1.17. The number of hydrogen-bond acceptors (Lipinski definition) is 6. The number of nitrogens with zero attached hydrogens (tertiary/aromatic N) is 1. The Morgan fingerprint density at radius 1 is 1.53 bits per heavy atom. The summed E-state index contributed by atoms with van der Waals surface area (Å²) >= 11 is 1.03. The van der Waals surface area contributed by atoms with Crippen molar-refractivity contribution in [3.05, 3.63) is 0 Å². The summed E-state index contributed by atoms with van der Waals surface area (Å²) in [5, 5.41) is 11.1. The summed E-state index contributed by atoms with van der Waals surface area (Å²) in [7, 11) is 0. The van der Waals surface area contributed by atoms with Gasteiger partial charge in [-0.25, -0.2) is 14.5 Å². The zero-order valence-corrected chi connectivity index (χ0v) is 11.1. The Labute approximate surface area is 113 Å². The standard InChI is InChI=1S/C10H14N2O6S/c1-6(13)11-7(9(15)16)4-19-5-8(14)12-2-3-18-10(12)17/h7H,2-5H2,1H3,(H,11,13)(H,15,16). The Hall–Kier alpha value is -1.77. The van der Waals surface area contributed by atoms with Crippen LogP contribution in [0.1, 0.15) is 6.92 Å². The zero-order chi connectivity index (χ0) is 14.4. The summed E-state index contributed by atoms with van der Waals surface area (Å²) in [6, 6.07) is -1.05. The first-order valence-electron chi connectivity index (χ1n) is 5.46. The van der Waals surface area contributed by atoms with Gasteiger partial charge in [-0.05, 0) is 0 Å². The Morgan fingerprint density at radius 3 is 2.68 bits per heavy atom. The lowest BCUT2D eigenvalue weighted by molar-refractivity contribution is -0.140. The van der Waals surface area contributed by atoms with E-state index in [0.717, 1.165) is 16.7 Å². The van der Waals surface area contributed by atoms with Crippen molar-refractivity contribution in [1.82, 2.24) is 10.2 Å². The van der Waals surface area contributed by atoms with Gasteiger partial charge >= 0.3 is 12.1 Å². The fourth-order valence-electron chi connectivity index (χ4n) is 1.38. The van der Waals surface area contributed by atoms with Crippen LogP contribution in [-0.4, -0.2) is 64.6 Å². The topological polar surface area (TPSA) is 113 Å². The summed E-state index contributed by atoms with van der Waals surface area (Å²) in [4.78, 5) is 45.3. The van der Waals surface area contributed by atoms with E-state index in [-0.39, 0.29) is 24.7 Å². The smallest absolute Gasteiger partial charge is 0.416 e. The van der Waals surface area contributed by atoms with Crippen molar-refractivity contribution in [2.24, 2.45) is 0 Å².